The topological polar surface area (TPSA) is 62.2 Å². The highest BCUT2D eigenvalue weighted by Crippen LogP contribution is 2.21. The lowest BCUT2D eigenvalue weighted by molar-refractivity contribution is -0.118. The maximum absolute atomic E-state index is 12.4. The minimum atomic E-state index is -0.575. The fourth-order valence-corrected chi connectivity index (χ4v) is 2.42. The number of amides is 1. The van der Waals surface area contributed by atoms with Crippen molar-refractivity contribution in [2.75, 3.05) is 11.9 Å². The van der Waals surface area contributed by atoms with E-state index < -0.39 is 5.92 Å². The molecule has 0 aliphatic carbocycles. The number of rotatable bonds is 4. The Kier molecular flexibility index (Phi) is 6.46. The summed E-state index contributed by atoms with van der Waals surface area (Å²) in [7, 11) is 0. The second kappa shape index (κ2) is 8.79. The van der Waals surface area contributed by atoms with Gasteiger partial charge in [0.2, 0.25) is 5.91 Å². The Labute approximate surface area is 142 Å². The van der Waals surface area contributed by atoms with Crippen LogP contribution in [0.2, 0.25) is 0 Å². The van der Waals surface area contributed by atoms with Crippen molar-refractivity contribution in [2.24, 2.45) is 0 Å². The molecule has 0 fully saturated rings. The van der Waals surface area contributed by atoms with Gasteiger partial charge in [-0.15, -0.1) is 0 Å². The number of carbonyl (C=O) groups excluding carboxylic acids is 1. The highest BCUT2D eigenvalue weighted by atomic mass is 16.3. The Bertz CT molecular complexity index is 788. The molecule has 4 nitrogen and oxygen atoms in total. The molecule has 0 saturated carbocycles. The van der Waals surface area contributed by atoms with E-state index >= 15 is 0 Å². The molecule has 3 aromatic rings. The molecule has 3 rings (SSSR count). The molecule has 1 amide bonds. The zero-order chi connectivity index (χ0) is 17.4. The van der Waals surface area contributed by atoms with E-state index in [9.17, 15) is 9.90 Å². The lowest BCUT2D eigenvalue weighted by atomic mass is 9.99. The molecular weight excluding hydrogens is 300 g/mol. The van der Waals surface area contributed by atoms with Gasteiger partial charge in [0, 0.05) is 23.5 Å². The summed E-state index contributed by atoms with van der Waals surface area (Å²) in [6.45, 7) is 3.77. The third kappa shape index (κ3) is 4.18. The molecule has 1 unspecified atom stereocenters. The molecule has 0 bridgehead atoms. The Balaban J connectivity index is 0.00000100. The van der Waals surface area contributed by atoms with Crippen LogP contribution in [0, 0.1) is 0 Å². The average molecular weight is 322 g/mol. The molecule has 0 spiro atoms. The smallest absolute Gasteiger partial charge is 0.234 e. The summed E-state index contributed by atoms with van der Waals surface area (Å²) in [5, 5.41) is 14.4. The Morgan fingerprint density at radius 1 is 1.08 bits per heavy atom. The van der Waals surface area contributed by atoms with E-state index in [1.807, 2.05) is 68.4 Å². The molecule has 1 heterocycles. The summed E-state index contributed by atoms with van der Waals surface area (Å²) in [5.41, 5.74) is 1.51. The number of pyridine rings is 1. The minimum absolute atomic E-state index is 0.220. The van der Waals surface area contributed by atoms with E-state index in [-0.39, 0.29) is 12.5 Å². The van der Waals surface area contributed by atoms with Crippen LogP contribution in [0.1, 0.15) is 25.3 Å². The van der Waals surface area contributed by atoms with Crippen molar-refractivity contribution < 1.29 is 9.90 Å². The normalized spacial score (nSPS) is 11.3. The number of hydrogen-bond donors (Lipinski definition) is 2. The number of aromatic nitrogens is 1. The molecule has 24 heavy (non-hydrogen) atoms. The monoisotopic (exact) mass is 322 g/mol. The van der Waals surface area contributed by atoms with Gasteiger partial charge in [-0.25, -0.2) is 0 Å². The number of benzene rings is 2. The lowest BCUT2D eigenvalue weighted by Crippen LogP contribution is -2.23. The van der Waals surface area contributed by atoms with Crippen molar-refractivity contribution in [3.8, 4) is 0 Å². The van der Waals surface area contributed by atoms with Crippen LogP contribution in [-0.4, -0.2) is 22.6 Å². The first-order valence-corrected chi connectivity index (χ1v) is 8.08. The summed E-state index contributed by atoms with van der Waals surface area (Å²) in [6, 6.07) is 16.8. The molecule has 0 aliphatic rings. The van der Waals surface area contributed by atoms with Crippen molar-refractivity contribution in [2.45, 2.75) is 19.8 Å². The Morgan fingerprint density at radius 3 is 2.54 bits per heavy atom. The van der Waals surface area contributed by atoms with Crippen LogP contribution in [0.3, 0.4) is 0 Å². The number of aliphatic hydroxyl groups excluding tert-OH is 1. The first-order valence-electron chi connectivity index (χ1n) is 8.08. The van der Waals surface area contributed by atoms with Gasteiger partial charge < -0.3 is 10.4 Å². The van der Waals surface area contributed by atoms with Gasteiger partial charge in [0.05, 0.1) is 12.5 Å². The maximum atomic E-state index is 12.4. The van der Waals surface area contributed by atoms with Crippen LogP contribution in [0.15, 0.2) is 67.0 Å². The number of hydrogen-bond acceptors (Lipinski definition) is 3. The molecule has 2 aromatic carbocycles. The van der Waals surface area contributed by atoms with E-state index in [1.165, 1.54) is 0 Å². The second-order valence-electron chi connectivity index (χ2n) is 5.07. The number of fused-ring (bicyclic) bond motifs is 1. The van der Waals surface area contributed by atoms with Gasteiger partial charge in [0.25, 0.3) is 0 Å². The van der Waals surface area contributed by atoms with Crippen LogP contribution < -0.4 is 5.32 Å². The molecule has 1 aromatic heterocycles. The summed E-state index contributed by atoms with van der Waals surface area (Å²) in [4.78, 5) is 16.5. The molecule has 4 heteroatoms. The highest BCUT2D eigenvalue weighted by molar-refractivity contribution is 5.98. The number of aliphatic hydroxyl groups is 1. The zero-order valence-electron chi connectivity index (χ0n) is 13.9. The number of nitrogens with zero attached hydrogens (tertiary/aromatic N) is 1. The number of nitrogens with one attached hydrogen (secondary N) is 1. The largest absolute Gasteiger partial charge is 0.395 e. The molecule has 0 aliphatic heterocycles. The molecule has 124 valence electrons. The molecule has 0 radical (unpaired) electrons. The minimum Gasteiger partial charge on any atom is -0.395 e. The van der Waals surface area contributed by atoms with Crippen molar-refractivity contribution in [1.82, 2.24) is 4.98 Å². The molecular formula is C20H22N2O2. The highest BCUT2D eigenvalue weighted by Gasteiger charge is 2.19. The molecule has 0 saturated heterocycles. The Morgan fingerprint density at radius 2 is 1.83 bits per heavy atom. The molecule has 2 N–H and O–H groups in total. The van der Waals surface area contributed by atoms with Crippen LogP contribution in [0.5, 0.6) is 0 Å². The van der Waals surface area contributed by atoms with Crippen LogP contribution >= 0.6 is 0 Å². The van der Waals surface area contributed by atoms with Gasteiger partial charge in [-0.05, 0) is 29.1 Å². The van der Waals surface area contributed by atoms with Gasteiger partial charge in [-0.1, -0.05) is 50.2 Å². The van der Waals surface area contributed by atoms with E-state index in [1.54, 1.807) is 12.4 Å². The molecule has 1 atom stereocenters. The Hall–Kier alpha value is -2.72. The van der Waals surface area contributed by atoms with Crippen LogP contribution in [0.25, 0.3) is 10.8 Å². The fourth-order valence-electron chi connectivity index (χ4n) is 2.42. The van der Waals surface area contributed by atoms with Gasteiger partial charge >= 0.3 is 0 Å². The standard InChI is InChI=1S/C18H16N2O2.C2H6/c21-12-17(13-4-2-1-3-5-13)18(22)20-16-7-6-15-11-19-9-8-14(15)10-16;1-2/h1-11,17,21H,12H2,(H,20,22);1-2H3. The van der Waals surface area contributed by atoms with E-state index in [4.69, 9.17) is 0 Å². The fraction of sp³-hybridized carbons (Fsp3) is 0.200. The van der Waals surface area contributed by atoms with Gasteiger partial charge in [-0.3, -0.25) is 9.78 Å². The van der Waals surface area contributed by atoms with Crippen molar-refractivity contribution in [3.05, 3.63) is 72.6 Å². The SMILES string of the molecule is CC.O=C(Nc1ccc2cnccc2c1)C(CO)c1ccccc1. The first-order chi connectivity index (χ1) is 11.8. The van der Waals surface area contributed by atoms with Crippen LogP contribution in [-0.2, 0) is 4.79 Å². The summed E-state index contributed by atoms with van der Waals surface area (Å²) < 4.78 is 0. The van der Waals surface area contributed by atoms with Gasteiger partial charge in [-0.2, -0.15) is 0 Å². The predicted octanol–water partition coefficient (Wildman–Crippen LogP) is 3.98. The van der Waals surface area contributed by atoms with Crippen molar-refractivity contribution >= 4 is 22.4 Å². The summed E-state index contributed by atoms with van der Waals surface area (Å²) in [5.74, 6) is -0.795. The third-order valence-corrected chi connectivity index (χ3v) is 3.61. The van der Waals surface area contributed by atoms with E-state index in [0.717, 1.165) is 16.3 Å². The zero-order valence-corrected chi connectivity index (χ0v) is 13.9. The summed E-state index contributed by atoms with van der Waals surface area (Å²) in [6.07, 6.45) is 3.50. The second-order valence-corrected chi connectivity index (χ2v) is 5.07. The maximum Gasteiger partial charge on any atom is 0.234 e. The number of anilines is 1. The first kappa shape index (κ1) is 17.6. The average Bonchev–Trinajstić information content (AvgIpc) is 2.65. The summed E-state index contributed by atoms with van der Waals surface area (Å²) >= 11 is 0. The van der Waals surface area contributed by atoms with Crippen molar-refractivity contribution in [3.63, 3.8) is 0 Å². The van der Waals surface area contributed by atoms with Crippen molar-refractivity contribution in [1.29, 1.82) is 0 Å². The van der Waals surface area contributed by atoms with E-state index in [0.29, 0.717) is 5.69 Å². The van der Waals surface area contributed by atoms with Crippen LogP contribution in [0.4, 0.5) is 5.69 Å². The van der Waals surface area contributed by atoms with Gasteiger partial charge in [0.15, 0.2) is 0 Å². The third-order valence-electron chi connectivity index (χ3n) is 3.61. The lowest BCUT2D eigenvalue weighted by Gasteiger charge is -2.15. The predicted molar refractivity (Wildman–Crippen MR) is 98.0 cm³/mol. The quantitative estimate of drug-likeness (QED) is 0.764. The number of carbonyl (C=O) groups is 1. The van der Waals surface area contributed by atoms with Gasteiger partial charge in [0.1, 0.15) is 0 Å². The van der Waals surface area contributed by atoms with E-state index in [2.05, 4.69) is 10.3 Å².